The smallest absolute Gasteiger partial charge is 0.158 e. The Morgan fingerprint density at radius 3 is 2.69 bits per heavy atom. The van der Waals surface area contributed by atoms with Crippen molar-refractivity contribution in [3.63, 3.8) is 0 Å². The molecule has 1 N–H and O–H groups in total. The maximum Gasteiger partial charge on any atom is 0.158 e. The fourth-order valence-electron chi connectivity index (χ4n) is 4.51. The molecule has 0 saturated heterocycles. The van der Waals surface area contributed by atoms with E-state index in [1.54, 1.807) is 0 Å². The highest BCUT2D eigenvalue weighted by atomic mass is 15.3. The molecule has 0 bridgehead atoms. The topological polar surface area (TPSA) is 45.5 Å². The largest absolute Gasteiger partial charge is 0.369 e. The summed E-state index contributed by atoms with van der Waals surface area (Å²) < 4.78 is 2.04. The molecule has 29 heavy (non-hydrogen) atoms. The van der Waals surface area contributed by atoms with Gasteiger partial charge in [-0.15, -0.1) is 0 Å². The van der Waals surface area contributed by atoms with Gasteiger partial charge in [-0.25, -0.2) is 4.98 Å². The van der Waals surface area contributed by atoms with Gasteiger partial charge >= 0.3 is 0 Å². The summed E-state index contributed by atoms with van der Waals surface area (Å²) in [4.78, 5) is 7.24. The average Bonchev–Trinajstić information content (AvgIpc) is 3.08. The average molecular weight is 392 g/mol. The Morgan fingerprint density at radius 2 is 1.93 bits per heavy atom. The Bertz CT molecular complexity index is 1020. The summed E-state index contributed by atoms with van der Waals surface area (Å²) in [5, 5.41) is 8.75. The van der Waals surface area contributed by atoms with E-state index in [0.717, 1.165) is 48.7 Å². The van der Waals surface area contributed by atoms with E-state index in [4.69, 9.17) is 10.1 Å². The first-order valence-corrected chi connectivity index (χ1v) is 10.7. The van der Waals surface area contributed by atoms with Crippen LogP contribution in [0.25, 0.3) is 16.9 Å². The number of aromatic nitrogens is 3. The van der Waals surface area contributed by atoms with Gasteiger partial charge < -0.3 is 10.2 Å². The fourth-order valence-corrected chi connectivity index (χ4v) is 4.51. The van der Waals surface area contributed by atoms with Crippen LogP contribution in [0.2, 0.25) is 0 Å². The zero-order chi connectivity index (χ0) is 20.6. The number of nitrogens with one attached hydrogen (secondary N) is 1. The molecule has 0 amide bonds. The van der Waals surface area contributed by atoms with Crippen LogP contribution in [-0.2, 0) is 12.8 Å². The number of anilines is 1. The number of aryl methyl sites for hydroxylation is 2. The molecule has 4 rings (SSSR count). The molecule has 2 aromatic heterocycles. The number of fused-ring (bicyclic) bond motifs is 2. The molecule has 5 nitrogen and oxygen atoms in total. The van der Waals surface area contributed by atoms with Crippen molar-refractivity contribution in [2.24, 2.45) is 5.41 Å². The van der Waals surface area contributed by atoms with Crippen LogP contribution in [0.1, 0.15) is 43.5 Å². The van der Waals surface area contributed by atoms with Gasteiger partial charge in [0.1, 0.15) is 5.82 Å². The summed E-state index contributed by atoms with van der Waals surface area (Å²) >= 11 is 0. The molecule has 0 unspecified atom stereocenters. The van der Waals surface area contributed by atoms with Gasteiger partial charge in [-0.3, -0.25) is 0 Å². The van der Waals surface area contributed by atoms with Gasteiger partial charge in [0.25, 0.3) is 0 Å². The Labute approximate surface area is 174 Å². The summed E-state index contributed by atoms with van der Waals surface area (Å²) in [7, 11) is 4.27. The molecule has 0 spiro atoms. The predicted octanol–water partition coefficient (Wildman–Crippen LogP) is 4.58. The maximum atomic E-state index is 4.99. The summed E-state index contributed by atoms with van der Waals surface area (Å²) in [6.45, 7) is 8.68. The van der Waals surface area contributed by atoms with E-state index in [2.05, 4.69) is 75.4 Å². The van der Waals surface area contributed by atoms with Crippen molar-refractivity contribution in [1.82, 2.24) is 19.5 Å². The molecule has 1 aliphatic carbocycles. The lowest BCUT2D eigenvalue weighted by atomic mass is 9.92. The monoisotopic (exact) mass is 391 g/mol. The minimum atomic E-state index is 0.160. The highest BCUT2D eigenvalue weighted by Crippen LogP contribution is 2.31. The minimum absolute atomic E-state index is 0.160. The third-order valence-corrected chi connectivity index (χ3v) is 5.67. The third-order valence-electron chi connectivity index (χ3n) is 5.67. The Hall–Kier alpha value is -2.40. The van der Waals surface area contributed by atoms with E-state index < -0.39 is 0 Å². The van der Waals surface area contributed by atoms with Crippen LogP contribution in [0.15, 0.2) is 30.3 Å². The second-order valence-corrected chi connectivity index (χ2v) is 9.52. The molecular weight excluding hydrogens is 358 g/mol. The lowest BCUT2D eigenvalue weighted by Gasteiger charge is -2.30. The first kappa shape index (κ1) is 19.9. The fraction of sp³-hybridized carbons (Fsp3) is 0.500. The molecule has 0 aliphatic heterocycles. The van der Waals surface area contributed by atoms with E-state index >= 15 is 0 Å². The van der Waals surface area contributed by atoms with Crippen molar-refractivity contribution < 1.29 is 0 Å². The van der Waals surface area contributed by atoms with Gasteiger partial charge in [-0.2, -0.15) is 9.61 Å². The van der Waals surface area contributed by atoms with Crippen LogP contribution in [0.5, 0.6) is 0 Å². The molecule has 1 aromatic carbocycles. The minimum Gasteiger partial charge on any atom is -0.369 e. The van der Waals surface area contributed by atoms with Crippen LogP contribution in [0.4, 0.5) is 5.82 Å². The van der Waals surface area contributed by atoms with E-state index in [0.29, 0.717) is 0 Å². The number of hydrogen-bond acceptors (Lipinski definition) is 4. The number of benzene rings is 1. The van der Waals surface area contributed by atoms with E-state index in [1.807, 2.05) is 4.52 Å². The normalized spacial score (nSPS) is 14.4. The van der Waals surface area contributed by atoms with Crippen LogP contribution in [-0.4, -0.2) is 46.7 Å². The van der Waals surface area contributed by atoms with Crippen LogP contribution < -0.4 is 5.32 Å². The molecule has 0 fully saturated rings. The van der Waals surface area contributed by atoms with E-state index in [1.165, 1.54) is 29.7 Å². The highest BCUT2D eigenvalue weighted by Gasteiger charge is 2.24. The second-order valence-electron chi connectivity index (χ2n) is 9.52. The van der Waals surface area contributed by atoms with Crippen LogP contribution >= 0.6 is 0 Å². The zero-order valence-electron chi connectivity index (χ0n) is 18.4. The van der Waals surface area contributed by atoms with Crippen molar-refractivity contribution in [3.05, 3.63) is 47.2 Å². The van der Waals surface area contributed by atoms with Crippen molar-refractivity contribution >= 4 is 11.5 Å². The van der Waals surface area contributed by atoms with Gasteiger partial charge in [-0.05, 0) is 58.2 Å². The number of nitrogens with zero attached hydrogens (tertiary/aromatic N) is 4. The molecule has 2 heterocycles. The van der Waals surface area contributed by atoms with Crippen molar-refractivity contribution in [1.29, 1.82) is 0 Å². The molecule has 0 radical (unpaired) electrons. The molecule has 0 atom stereocenters. The van der Waals surface area contributed by atoms with E-state index in [9.17, 15) is 0 Å². The lowest BCUT2D eigenvalue weighted by Crippen LogP contribution is -2.35. The van der Waals surface area contributed by atoms with E-state index in [-0.39, 0.29) is 5.41 Å². The van der Waals surface area contributed by atoms with Gasteiger partial charge in [0, 0.05) is 36.0 Å². The Morgan fingerprint density at radius 1 is 1.14 bits per heavy atom. The summed E-state index contributed by atoms with van der Waals surface area (Å²) in [5.74, 6) is 1.13. The molecule has 154 valence electrons. The van der Waals surface area contributed by atoms with Gasteiger partial charge in [0.05, 0.1) is 5.69 Å². The molecule has 5 heteroatoms. The standard InChI is InChI=1S/C24H33N5/c1-17-9-8-10-18(13-17)21-14-22-26-20-12-7-6-11-19(20)23(29(22)27-21)25-15-24(2,3)16-28(4)5/h8-10,13-14,25H,6-7,11-12,15-16H2,1-5H3. The molecule has 3 aromatic rings. The van der Waals surface area contributed by atoms with Crippen LogP contribution in [0, 0.1) is 12.3 Å². The number of rotatable bonds is 6. The predicted molar refractivity (Wildman–Crippen MR) is 121 cm³/mol. The molecular formula is C24H33N5. The summed E-state index contributed by atoms with van der Waals surface area (Å²) in [5.41, 5.74) is 7.07. The van der Waals surface area contributed by atoms with Crippen LogP contribution in [0.3, 0.4) is 0 Å². The first-order valence-electron chi connectivity index (χ1n) is 10.7. The number of hydrogen-bond donors (Lipinski definition) is 1. The molecule has 0 saturated carbocycles. The first-order chi connectivity index (χ1) is 13.8. The van der Waals surface area contributed by atoms with Gasteiger partial charge in [-0.1, -0.05) is 37.6 Å². The van der Waals surface area contributed by atoms with Crippen molar-refractivity contribution in [3.8, 4) is 11.3 Å². The third kappa shape index (κ3) is 4.30. The lowest BCUT2D eigenvalue weighted by molar-refractivity contribution is 0.254. The maximum absolute atomic E-state index is 4.99. The van der Waals surface area contributed by atoms with Gasteiger partial charge in [0.2, 0.25) is 0 Å². The zero-order valence-corrected chi connectivity index (χ0v) is 18.4. The van der Waals surface area contributed by atoms with Crippen molar-refractivity contribution in [2.45, 2.75) is 46.5 Å². The second kappa shape index (κ2) is 7.79. The highest BCUT2D eigenvalue weighted by molar-refractivity contribution is 5.67. The van der Waals surface area contributed by atoms with Crippen molar-refractivity contribution in [2.75, 3.05) is 32.5 Å². The summed E-state index contributed by atoms with van der Waals surface area (Å²) in [6.07, 6.45) is 4.59. The Balaban J connectivity index is 1.76. The quantitative estimate of drug-likeness (QED) is 0.668. The summed E-state index contributed by atoms with van der Waals surface area (Å²) in [6, 6.07) is 10.7. The molecule has 1 aliphatic rings. The SMILES string of the molecule is Cc1cccc(-c2cc3nc4c(c(NCC(C)(C)CN(C)C)n3n2)CCCC4)c1. The van der Waals surface area contributed by atoms with Gasteiger partial charge in [0.15, 0.2) is 5.65 Å². The Kier molecular flexibility index (Phi) is 5.34.